The van der Waals surface area contributed by atoms with E-state index in [1.807, 2.05) is 0 Å². The third kappa shape index (κ3) is 7.17. The Hall–Kier alpha value is -1.20. The van der Waals surface area contributed by atoms with Crippen molar-refractivity contribution in [3.63, 3.8) is 0 Å². The predicted octanol–water partition coefficient (Wildman–Crippen LogP) is 1.99. The summed E-state index contributed by atoms with van der Waals surface area (Å²) in [4.78, 5) is 10.6. The number of esters is 1. The lowest BCUT2D eigenvalue weighted by molar-refractivity contribution is -0.305. The van der Waals surface area contributed by atoms with E-state index in [1.165, 1.54) is 0 Å². The molecule has 0 unspecified atom stereocenters. The highest BCUT2D eigenvalue weighted by Gasteiger charge is 2.32. The van der Waals surface area contributed by atoms with Gasteiger partial charge in [0.15, 0.2) is 0 Å². The lowest BCUT2D eigenvalue weighted by atomic mass is 10.4. The van der Waals surface area contributed by atoms with E-state index in [4.69, 9.17) is 0 Å². The molecule has 0 saturated heterocycles. The Kier molecular flexibility index (Phi) is 4.30. The van der Waals surface area contributed by atoms with Gasteiger partial charge < -0.3 is 9.47 Å². The van der Waals surface area contributed by atoms with E-state index in [0.717, 1.165) is 0 Å². The molecule has 0 heterocycles. The first kappa shape index (κ1) is 11.8. The van der Waals surface area contributed by atoms with Gasteiger partial charge in [0.2, 0.25) is 0 Å². The van der Waals surface area contributed by atoms with Gasteiger partial charge in [0.25, 0.3) is 0 Å². The Morgan fingerprint density at radius 1 is 1.46 bits per heavy atom. The molecule has 0 fully saturated rings. The van der Waals surface area contributed by atoms with E-state index in [1.54, 1.807) is 6.92 Å². The Bertz CT molecular complexity index is 198. The molecule has 0 amide bonds. The minimum Gasteiger partial charge on any atom is -0.466 e. The summed E-state index contributed by atoms with van der Waals surface area (Å²) in [5.74, 6) is -1.47. The van der Waals surface area contributed by atoms with E-state index in [2.05, 4.69) is 16.1 Å². The van der Waals surface area contributed by atoms with Crippen molar-refractivity contribution in [1.29, 1.82) is 0 Å². The van der Waals surface area contributed by atoms with E-state index >= 15 is 0 Å². The van der Waals surface area contributed by atoms with E-state index in [0.29, 0.717) is 0 Å². The molecule has 0 radical (unpaired) electrons. The molecule has 0 aliphatic heterocycles. The molecule has 6 heteroatoms. The molecule has 0 aliphatic carbocycles. The van der Waals surface area contributed by atoms with Crippen LogP contribution in [0.5, 0.6) is 0 Å². The zero-order chi connectivity index (χ0) is 10.5. The molecule has 0 bridgehead atoms. The third-order valence-corrected chi connectivity index (χ3v) is 0.907. The monoisotopic (exact) mass is 198 g/mol. The molecule has 0 N–H and O–H groups in total. The second-order valence-electron chi connectivity index (χ2n) is 2.07. The molecule has 76 valence electrons. The summed E-state index contributed by atoms with van der Waals surface area (Å²) < 4.78 is 42.3. The molecule has 0 aromatic heterocycles. The first-order chi connectivity index (χ1) is 5.85. The molecule has 0 spiro atoms. The number of carbonyl (C=O) groups excluding carboxylic acids is 1. The summed E-state index contributed by atoms with van der Waals surface area (Å²) in [7, 11) is 0. The molecule has 0 aliphatic rings. The van der Waals surface area contributed by atoms with Crippen LogP contribution in [0.4, 0.5) is 13.2 Å². The minimum absolute atomic E-state index is 0.109. The second-order valence-corrected chi connectivity index (χ2v) is 2.07. The van der Waals surface area contributed by atoms with Gasteiger partial charge in [-0.1, -0.05) is 6.58 Å². The number of hydrogen-bond acceptors (Lipinski definition) is 3. The van der Waals surface area contributed by atoms with Crippen molar-refractivity contribution < 1.29 is 27.4 Å². The first-order valence-corrected chi connectivity index (χ1v) is 3.44. The molecule has 0 aromatic carbocycles. The largest absolute Gasteiger partial charge is 0.572 e. The number of ether oxygens (including phenoxy) is 2. The summed E-state index contributed by atoms with van der Waals surface area (Å²) in [6.45, 7) is 4.58. The predicted molar refractivity (Wildman–Crippen MR) is 37.5 cm³/mol. The van der Waals surface area contributed by atoms with Crippen molar-refractivity contribution in [2.75, 3.05) is 6.61 Å². The fourth-order valence-electron chi connectivity index (χ4n) is 0.573. The maximum Gasteiger partial charge on any atom is 0.572 e. The van der Waals surface area contributed by atoms with Crippen LogP contribution in [-0.4, -0.2) is 18.9 Å². The lowest BCUT2D eigenvalue weighted by Gasteiger charge is -2.10. The Morgan fingerprint density at radius 3 is 2.38 bits per heavy atom. The van der Waals surface area contributed by atoms with Gasteiger partial charge in [-0.3, -0.25) is 4.79 Å². The molecule has 3 nitrogen and oxygen atoms in total. The van der Waals surface area contributed by atoms with Crippen molar-refractivity contribution in [2.45, 2.75) is 19.7 Å². The fraction of sp³-hybridized carbons (Fsp3) is 0.571. The second kappa shape index (κ2) is 4.74. The molecule has 0 saturated carbocycles. The van der Waals surface area contributed by atoms with Crippen LogP contribution in [0, 0.1) is 0 Å². The molecule has 0 rings (SSSR count). The molecule has 13 heavy (non-hydrogen) atoms. The third-order valence-electron chi connectivity index (χ3n) is 0.907. The van der Waals surface area contributed by atoms with Crippen molar-refractivity contribution in [3.8, 4) is 0 Å². The average Bonchev–Trinajstić information content (AvgIpc) is 1.81. The number of halogens is 3. The normalized spacial score (nSPS) is 10.8. The first-order valence-electron chi connectivity index (χ1n) is 3.44. The SMILES string of the molecule is C=C(CC(=O)OCC)OC(F)(F)F. The van der Waals surface area contributed by atoms with E-state index < -0.39 is 24.5 Å². The van der Waals surface area contributed by atoms with Gasteiger partial charge in [-0.2, -0.15) is 0 Å². The van der Waals surface area contributed by atoms with Gasteiger partial charge in [0.1, 0.15) is 12.2 Å². The number of alkyl halides is 3. The molecular weight excluding hydrogens is 189 g/mol. The molecular formula is C7H9F3O3. The van der Waals surface area contributed by atoms with Gasteiger partial charge in [-0.15, -0.1) is 13.2 Å². The van der Waals surface area contributed by atoms with E-state index in [-0.39, 0.29) is 6.61 Å². The van der Waals surface area contributed by atoms with Gasteiger partial charge in [-0.25, -0.2) is 0 Å². The molecule has 0 aromatic rings. The highest BCUT2D eigenvalue weighted by atomic mass is 19.4. The summed E-state index contributed by atoms with van der Waals surface area (Å²) in [6, 6.07) is 0. The van der Waals surface area contributed by atoms with Crippen LogP contribution >= 0.6 is 0 Å². The highest BCUT2D eigenvalue weighted by Crippen LogP contribution is 2.21. The zero-order valence-corrected chi connectivity index (χ0v) is 6.98. The topological polar surface area (TPSA) is 35.5 Å². The standard InChI is InChI=1S/C7H9F3O3/c1-3-12-6(11)4-5(2)13-7(8,9)10/h2-4H2,1H3. The summed E-state index contributed by atoms with van der Waals surface area (Å²) in [5, 5.41) is 0. The van der Waals surface area contributed by atoms with Crippen LogP contribution in [0.15, 0.2) is 12.3 Å². The van der Waals surface area contributed by atoms with Crippen molar-refractivity contribution >= 4 is 5.97 Å². The Labute approximate surface area is 73.1 Å². The number of hydrogen-bond donors (Lipinski definition) is 0. The summed E-state index contributed by atoms with van der Waals surface area (Å²) in [6.07, 6.45) is -5.39. The van der Waals surface area contributed by atoms with Crippen LogP contribution in [-0.2, 0) is 14.3 Å². The quantitative estimate of drug-likeness (QED) is 0.511. The molecule has 0 atom stereocenters. The highest BCUT2D eigenvalue weighted by molar-refractivity contribution is 5.71. The van der Waals surface area contributed by atoms with Crippen LogP contribution < -0.4 is 0 Å². The number of rotatable bonds is 4. The maximum absolute atomic E-state index is 11.5. The van der Waals surface area contributed by atoms with Gasteiger partial charge >= 0.3 is 12.3 Å². The van der Waals surface area contributed by atoms with Crippen molar-refractivity contribution in [3.05, 3.63) is 12.3 Å². The van der Waals surface area contributed by atoms with Crippen molar-refractivity contribution in [2.24, 2.45) is 0 Å². The lowest BCUT2D eigenvalue weighted by Crippen LogP contribution is -2.15. The van der Waals surface area contributed by atoms with Crippen LogP contribution in [0.25, 0.3) is 0 Å². The van der Waals surface area contributed by atoms with Gasteiger partial charge in [0, 0.05) is 0 Å². The van der Waals surface area contributed by atoms with Crippen LogP contribution in [0.2, 0.25) is 0 Å². The summed E-state index contributed by atoms with van der Waals surface area (Å²) >= 11 is 0. The fourth-order valence-corrected chi connectivity index (χ4v) is 0.573. The number of carbonyl (C=O) groups is 1. The smallest absolute Gasteiger partial charge is 0.466 e. The summed E-state index contributed by atoms with van der Waals surface area (Å²) in [5.41, 5.74) is 0. The van der Waals surface area contributed by atoms with Gasteiger partial charge in [0.05, 0.1) is 6.61 Å². The maximum atomic E-state index is 11.5. The van der Waals surface area contributed by atoms with Crippen LogP contribution in [0.1, 0.15) is 13.3 Å². The van der Waals surface area contributed by atoms with Crippen LogP contribution in [0.3, 0.4) is 0 Å². The average molecular weight is 198 g/mol. The Morgan fingerprint density at radius 2 is 2.00 bits per heavy atom. The van der Waals surface area contributed by atoms with Gasteiger partial charge in [-0.05, 0) is 6.92 Å². The zero-order valence-electron chi connectivity index (χ0n) is 6.98. The minimum atomic E-state index is -4.80. The van der Waals surface area contributed by atoms with Crippen molar-refractivity contribution in [1.82, 2.24) is 0 Å². The van der Waals surface area contributed by atoms with E-state index in [9.17, 15) is 18.0 Å². The Balaban J connectivity index is 3.82.